The molecule has 0 aliphatic carbocycles. The molecule has 1 atom stereocenters. The van der Waals surface area contributed by atoms with Gasteiger partial charge in [-0.3, -0.25) is 9.59 Å². The third-order valence-corrected chi connectivity index (χ3v) is 5.58. The molecule has 3 rings (SSSR count). The maximum Gasteiger partial charge on any atom is 0.354 e. The summed E-state index contributed by atoms with van der Waals surface area (Å²) in [7, 11) is 4.91. The standard InChI is InChI=1S/C23H26FN3O5/c1-12-16(13(2)25-18(12)23(31)32-5)20(28)17-19(14-6-8-15(24)9-7-14)27(11-10-26(3)4)22(30)21(17)29/h6-9,19,25,28H,10-11H2,1-5H3/b20-17+. The van der Waals surface area contributed by atoms with Crippen molar-refractivity contribution in [2.75, 3.05) is 34.3 Å². The van der Waals surface area contributed by atoms with Gasteiger partial charge in [0.15, 0.2) is 0 Å². The van der Waals surface area contributed by atoms with Crippen LogP contribution in [0.3, 0.4) is 0 Å². The summed E-state index contributed by atoms with van der Waals surface area (Å²) in [6.07, 6.45) is 0. The number of H-pyrrole nitrogens is 1. The molecule has 0 bridgehead atoms. The van der Waals surface area contributed by atoms with Gasteiger partial charge in [-0.05, 0) is 51.2 Å². The number of carbonyl (C=O) groups excluding carboxylic acids is 3. The van der Waals surface area contributed by atoms with Crippen molar-refractivity contribution in [2.45, 2.75) is 19.9 Å². The average molecular weight is 443 g/mol. The van der Waals surface area contributed by atoms with Crippen molar-refractivity contribution in [3.8, 4) is 0 Å². The van der Waals surface area contributed by atoms with Gasteiger partial charge in [0.2, 0.25) is 0 Å². The monoisotopic (exact) mass is 443 g/mol. The zero-order chi connectivity index (χ0) is 23.7. The van der Waals surface area contributed by atoms with Crippen LogP contribution in [0, 0.1) is 19.7 Å². The number of carbonyl (C=O) groups is 3. The van der Waals surface area contributed by atoms with Crippen molar-refractivity contribution in [2.24, 2.45) is 0 Å². The highest BCUT2D eigenvalue weighted by molar-refractivity contribution is 6.46. The number of amides is 1. The molecule has 1 saturated heterocycles. The number of esters is 1. The number of hydrogen-bond donors (Lipinski definition) is 2. The van der Waals surface area contributed by atoms with E-state index in [-0.39, 0.29) is 23.4 Å². The van der Waals surface area contributed by atoms with E-state index < -0.39 is 35.3 Å². The van der Waals surface area contributed by atoms with Crippen molar-refractivity contribution < 1.29 is 28.6 Å². The fourth-order valence-electron chi connectivity index (χ4n) is 3.96. The van der Waals surface area contributed by atoms with E-state index in [0.29, 0.717) is 23.4 Å². The van der Waals surface area contributed by atoms with E-state index in [2.05, 4.69) is 4.98 Å². The summed E-state index contributed by atoms with van der Waals surface area (Å²) in [5.41, 5.74) is 1.61. The lowest BCUT2D eigenvalue weighted by Gasteiger charge is -2.26. The Kier molecular flexibility index (Phi) is 6.50. The molecule has 1 unspecified atom stereocenters. The zero-order valence-corrected chi connectivity index (χ0v) is 18.7. The van der Waals surface area contributed by atoms with Gasteiger partial charge >= 0.3 is 5.97 Å². The highest BCUT2D eigenvalue weighted by Crippen LogP contribution is 2.40. The van der Waals surface area contributed by atoms with Crippen LogP contribution < -0.4 is 0 Å². The number of halogens is 1. The third kappa shape index (κ3) is 4.03. The first kappa shape index (κ1) is 23.2. The molecule has 0 radical (unpaired) electrons. The Hall–Kier alpha value is -3.46. The van der Waals surface area contributed by atoms with Crippen LogP contribution in [0.1, 0.15) is 38.9 Å². The highest BCUT2D eigenvalue weighted by Gasteiger charge is 2.46. The minimum atomic E-state index is -0.897. The Morgan fingerprint density at radius 1 is 1.22 bits per heavy atom. The first-order valence-electron chi connectivity index (χ1n) is 10.0. The molecule has 1 amide bonds. The van der Waals surface area contributed by atoms with Gasteiger partial charge in [-0.1, -0.05) is 12.1 Å². The van der Waals surface area contributed by atoms with Gasteiger partial charge in [-0.25, -0.2) is 9.18 Å². The molecule has 1 aromatic heterocycles. The molecule has 32 heavy (non-hydrogen) atoms. The van der Waals surface area contributed by atoms with E-state index in [4.69, 9.17) is 4.74 Å². The quantitative estimate of drug-likeness (QED) is 0.308. The third-order valence-electron chi connectivity index (χ3n) is 5.58. The Balaban J connectivity index is 2.21. The van der Waals surface area contributed by atoms with E-state index in [0.717, 1.165) is 0 Å². The predicted octanol–water partition coefficient (Wildman–Crippen LogP) is 2.54. The molecule has 2 aromatic rings. The summed E-state index contributed by atoms with van der Waals surface area (Å²) in [6, 6.07) is 4.55. The summed E-state index contributed by atoms with van der Waals surface area (Å²) in [5, 5.41) is 11.2. The number of hydrogen-bond acceptors (Lipinski definition) is 6. The second-order valence-electron chi connectivity index (χ2n) is 7.96. The van der Waals surface area contributed by atoms with Crippen LogP contribution in [0.5, 0.6) is 0 Å². The number of likely N-dealkylation sites (N-methyl/N-ethyl adjacent to an activating group) is 1. The van der Waals surface area contributed by atoms with Crippen molar-refractivity contribution in [3.05, 3.63) is 63.7 Å². The summed E-state index contributed by atoms with van der Waals surface area (Å²) in [4.78, 5) is 44.1. The van der Waals surface area contributed by atoms with Crippen LogP contribution in [0.15, 0.2) is 29.8 Å². The van der Waals surface area contributed by atoms with Crippen LogP contribution in [0.2, 0.25) is 0 Å². The number of aliphatic hydroxyl groups is 1. The largest absolute Gasteiger partial charge is 0.507 e. The minimum Gasteiger partial charge on any atom is -0.507 e. The van der Waals surface area contributed by atoms with Crippen molar-refractivity contribution in [3.63, 3.8) is 0 Å². The topological polar surface area (TPSA) is 103 Å². The molecule has 8 nitrogen and oxygen atoms in total. The van der Waals surface area contributed by atoms with E-state index in [1.807, 2.05) is 19.0 Å². The molecule has 9 heteroatoms. The second kappa shape index (κ2) is 8.96. The lowest BCUT2D eigenvalue weighted by atomic mass is 9.94. The lowest BCUT2D eigenvalue weighted by Crippen LogP contribution is -2.35. The number of benzene rings is 1. The van der Waals surface area contributed by atoms with E-state index in [1.54, 1.807) is 13.8 Å². The molecule has 0 saturated carbocycles. The number of aryl methyl sites for hydroxylation is 1. The number of aromatic amines is 1. The lowest BCUT2D eigenvalue weighted by molar-refractivity contribution is -0.140. The number of ether oxygens (including phenoxy) is 1. The molecular formula is C23H26FN3O5. The summed E-state index contributed by atoms with van der Waals surface area (Å²) in [6.45, 7) is 3.97. The summed E-state index contributed by atoms with van der Waals surface area (Å²) >= 11 is 0. The molecule has 0 spiro atoms. The number of Topliss-reactive ketones (excluding diaryl/α,β-unsaturated/α-hetero) is 1. The van der Waals surface area contributed by atoms with Crippen LogP contribution in [-0.2, 0) is 14.3 Å². The second-order valence-corrected chi connectivity index (χ2v) is 7.96. The van der Waals surface area contributed by atoms with Crippen molar-refractivity contribution >= 4 is 23.4 Å². The van der Waals surface area contributed by atoms with Crippen LogP contribution in [0.4, 0.5) is 4.39 Å². The van der Waals surface area contributed by atoms with Gasteiger partial charge in [0.1, 0.15) is 17.3 Å². The predicted molar refractivity (Wildman–Crippen MR) is 116 cm³/mol. The number of rotatable bonds is 6. The van der Waals surface area contributed by atoms with Gasteiger partial charge in [0.25, 0.3) is 11.7 Å². The van der Waals surface area contributed by atoms with Crippen molar-refractivity contribution in [1.82, 2.24) is 14.8 Å². The molecule has 1 aliphatic rings. The minimum absolute atomic E-state index is 0.109. The summed E-state index contributed by atoms with van der Waals surface area (Å²) in [5.74, 6) is -3.06. The smallest absolute Gasteiger partial charge is 0.354 e. The van der Waals surface area contributed by atoms with Crippen molar-refractivity contribution in [1.29, 1.82) is 0 Å². The van der Waals surface area contributed by atoms with Gasteiger partial charge in [-0.15, -0.1) is 0 Å². The van der Waals surface area contributed by atoms with Crippen LogP contribution in [0.25, 0.3) is 5.76 Å². The maximum atomic E-state index is 13.6. The molecule has 2 N–H and O–H groups in total. The number of ketones is 1. The number of aromatic nitrogens is 1. The molecule has 1 aliphatic heterocycles. The number of aliphatic hydroxyl groups excluding tert-OH is 1. The van der Waals surface area contributed by atoms with Gasteiger partial charge in [0.05, 0.1) is 18.7 Å². The van der Waals surface area contributed by atoms with E-state index in [1.165, 1.54) is 36.3 Å². The molecular weight excluding hydrogens is 417 g/mol. The Morgan fingerprint density at radius 2 is 1.84 bits per heavy atom. The van der Waals surface area contributed by atoms with Gasteiger partial charge in [0, 0.05) is 24.3 Å². The molecule has 2 heterocycles. The van der Waals surface area contributed by atoms with E-state index in [9.17, 15) is 23.9 Å². The normalized spacial score (nSPS) is 18.0. The Bertz CT molecular complexity index is 1100. The van der Waals surface area contributed by atoms with Gasteiger partial charge in [-0.2, -0.15) is 0 Å². The van der Waals surface area contributed by atoms with E-state index >= 15 is 0 Å². The van der Waals surface area contributed by atoms with Crippen LogP contribution in [-0.4, -0.2) is 71.8 Å². The molecule has 170 valence electrons. The molecule has 1 fully saturated rings. The maximum absolute atomic E-state index is 13.6. The zero-order valence-electron chi connectivity index (χ0n) is 18.7. The first-order chi connectivity index (χ1) is 15.1. The average Bonchev–Trinajstić information content (AvgIpc) is 3.18. The highest BCUT2D eigenvalue weighted by atomic mass is 19.1. The fraction of sp³-hybridized carbons (Fsp3) is 0.348. The van der Waals surface area contributed by atoms with Gasteiger partial charge < -0.3 is 24.6 Å². The fourth-order valence-corrected chi connectivity index (χ4v) is 3.96. The Morgan fingerprint density at radius 3 is 2.41 bits per heavy atom. The SMILES string of the molecule is COC(=O)c1[nH]c(C)c(/C(O)=C2\C(=O)C(=O)N(CCN(C)C)C2c2ccc(F)cc2)c1C. The molecule has 1 aromatic carbocycles. The summed E-state index contributed by atoms with van der Waals surface area (Å²) < 4.78 is 18.3. The Labute approximate surface area is 185 Å². The van der Waals surface area contributed by atoms with Crippen LogP contribution >= 0.6 is 0 Å². The number of methoxy groups -OCH3 is 1. The number of nitrogens with zero attached hydrogens (tertiary/aromatic N) is 2. The number of likely N-dealkylation sites (tertiary alicyclic amines) is 1. The first-order valence-corrected chi connectivity index (χ1v) is 10.0. The number of nitrogens with one attached hydrogen (secondary N) is 1.